The standard InChI is InChI=1S/C8H11B2FO2/c1-5-2-3-6(4-7(5)11)13-8(9,10)12/h2-4,12H,9-10H2,1H3. The van der Waals surface area contributed by atoms with Crippen LogP contribution in [0, 0.1) is 12.7 Å². The summed E-state index contributed by atoms with van der Waals surface area (Å²) in [5.41, 5.74) is -0.718. The lowest BCUT2D eigenvalue weighted by molar-refractivity contribution is 0.0126. The molecule has 0 aromatic heterocycles. The fourth-order valence-corrected chi connectivity index (χ4v) is 0.925. The van der Waals surface area contributed by atoms with Crippen LogP contribution in [0.15, 0.2) is 18.2 Å². The van der Waals surface area contributed by atoms with Gasteiger partial charge >= 0.3 is 0 Å². The number of ether oxygens (including phenoxy) is 1. The first kappa shape index (κ1) is 10.1. The van der Waals surface area contributed by atoms with Gasteiger partial charge in [0.05, 0.1) is 0 Å². The van der Waals surface area contributed by atoms with Gasteiger partial charge in [0.1, 0.15) is 17.2 Å². The maximum atomic E-state index is 13.0. The van der Waals surface area contributed by atoms with Gasteiger partial charge in [-0.2, -0.15) is 0 Å². The van der Waals surface area contributed by atoms with E-state index >= 15 is 0 Å². The number of hydrogen-bond acceptors (Lipinski definition) is 2. The molecule has 1 rings (SSSR count). The summed E-state index contributed by atoms with van der Waals surface area (Å²) in [5, 5.41) is 9.29. The average molecular weight is 180 g/mol. The number of benzene rings is 1. The Morgan fingerprint density at radius 2 is 2.08 bits per heavy atom. The molecule has 0 bridgehead atoms. The zero-order valence-electron chi connectivity index (χ0n) is 7.97. The molecule has 1 aromatic rings. The summed E-state index contributed by atoms with van der Waals surface area (Å²) in [6, 6.07) is 4.49. The van der Waals surface area contributed by atoms with Crippen molar-refractivity contribution >= 4 is 15.7 Å². The molecule has 0 radical (unpaired) electrons. The van der Waals surface area contributed by atoms with Crippen molar-refractivity contribution < 1.29 is 14.2 Å². The highest BCUT2D eigenvalue weighted by atomic mass is 19.1. The Bertz CT molecular complexity index is 310. The first-order valence-electron chi connectivity index (χ1n) is 4.06. The second-order valence-electron chi connectivity index (χ2n) is 3.46. The Labute approximate surface area is 78.5 Å². The van der Waals surface area contributed by atoms with E-state index in [4.69, 9.17) is 4.74 Å². The smallest absolute Gasteiger partial charge is 0.181 e. The first-order chi connectivity index (χ1) is 5.88. The minimum Gasteiger partial charge on any atom is -0.480 e. The van der Waals surface area contributed by atoms with E-state index in [1.807, 2.05) is 0 Å². The maximum absolute atomic E-state index is 13.0. The molecule has 1 N–H and O–H groups in total. The van der Waals surface area contributed by atoms with Crippen LogP contribution in [0.25, 0.3) is 0 Å². The summed E-state index contributed by atoms with van der Waals surface area (Å²) in [6.07, 6.45) is 0. The molecule has 13 heavy (non-hydrogen) atoms. The summed E-state index contributed by atoms with van der Waals surface area (Å²) in [7, 11) is 2.98. The average Bonchev–Trinajstić information content (AvgIpc) is 1.94. The zero-order chi connectivity index (χ0) is 10.1. The van der Waals surface area contributed by atoms with Gasteiger partial charge in [-0.05, 0) is 18.6 Å². The lowest BCUT2D eigenvalue weighted by Gasteiger charge is -2.20. The van der Waals surface area contributed by atoms with E-state index in [0.717, 1.165) is 0 Å². The van der Waals surface area contributed by atoms with Crippen LogP contribution in [0.1, 0.15) is 5.56 Å². The zero-order valence-corrected chi connectivity index (χ0v) is 7.97. The van der Waals surface area contributed by atoms with Crippen molar-refractivity contribution in [2.45, 2.75) is 12.5 Å². The van der Waals surface area contributed by atoms with E-state index in [9.17, 15) is 9.50 Å². The number of aryl methyl sites for hydroxylation is 1. The van der Waals surface area contributed by atoms with Crippen molar-refractivity contribution in [3.05, 3.63) is 29.6 Å². The van der Waals surface area contributed by atoms with Crippen LogP contribution in [0.5, 0.6) is 5.75 Å². The summed E-state index contributed by atoms with van der Waals surface area (Å²) in [4.78, 5) is 0. The molecule has 0 saturated heterocycles. The monoisotopic (exact) mass is 180 g/mol. The molecular formula is C8H11B2FO2. The Balaban J connectivity index is 2.86. The molecule has 0 unspecified atom stereocenters. The third kappa shape index (κ3) is 3.11. The van der Waals surface area contributed by atoms with Crippen molar-refractivity contribution in [1.82, 2.24) is 0 Å². The highest BCUT2D eigenvalue weighted by Gasteiger charge is 2.14. The molecule has 1 aromatic carbocycles. The van der Waals surface area contributed by atoms with Gasteiger partial charge in [-0.15, -0.1) is 0 Å². The minimum atomic E-state index is -1.28. The van der Waals surface area contributed by atoms with E-state index < -0.39 is 5.59 Å². The van der Waals surface area contributed by atoms with Gasteiger partial charge in [0.15, 0.2) is 15.7 Å². The van der Waals surface area contributed by atoms with Crippen molar-refractivity contribution in [3.8, 4) is 5.75 Å². The van der Waals surface area contributed by atoms with Crippen LogP contribution in [0.3, 0.4) is 0 Å². The molecule has 2 nitrogen and oxygen atoms in total. The quantitative estimate of drug-likeness (QED) is 0.485. The van der Waals surface area contributed by atoms with Gasteiger partial charge in [0.25, 0.3) is 0 Å². The van der Waals surface area contributed by atoms with Crippen molar-refractivity contribution in [3.63, 3.8) is 0 Å². The van der Waals surface area contributed by atoms with Crippen molar-refractivity contribution in [2.24, 2.45) is 0 Å². The Morgan fingerprint density at radius 1 is 1.46 bits per heavy atom. The number of halogens is 1. The molecule has 0 saturated carbocycles. The Kier molecular flexibility index (Phi) is 2.66. The Hall–Kier alpha value is -0.960. The lowest BCUT2D eigenvalue weighted by atomic mass is 9.76. The van der Waals surface area contributed by atoms with Crippen LogP contribution < -0.4 is 4.74 Å². The van der Waals surface area contributed by atoms with Crippen molar-refractivity contribution in [2.75, 3.05) is 0 Å². The molecule has 0 atom stereocenters. The number of hydrogen-bond donors (Lipinski definition) is 1. The van der Waals surface area contributed by atoms with E-state index in [0.29, 0.717) is 11.3 Å². The van der Waals surface area contributed by atoms with E-state index in [1.165, 1.54) is 21.8 Å². The summed E-state index contributed by atoms with van der Waals surface area (Å²) in [6.45, 7) is 1.67. The van der Waals surface area contributed by atoms with Gasteiger partial charge in [0, 0.05) is 6.07 Å². The molecule has 0 aliphatic carbocycles. The van der Waals surface area contributed by atoms with Crippen LogP contribution in [-0.2, 0) is 0 Å². The molecule has 0 amide bonds. The largest absolute Gasteiger partial charge is 0.480 e. The molecule has 0 heterocycles. The predicted octanol–water partition coefficient (Wildman–Crippen LogP) is -0.617. The van der Waals surface area contributed by atoms with Gasteiger partial charge in [-0.25, -0.2) is 4.39 Å². The maximum Gasteiger partial charge on any atom is 0.181 e. The minimum absolute atomic E-state index is 0.329. The fourth-order valence-electron chi connectivity index (χ4n) is 0.925. The predicted molar refractivity (Wildman–Crippen MR) is 53.8 cm³/mol. The second-order valence-corrected chi connectivity index (χ2v) is 3.46. The van der Waals surface area contributed by atoms with Gasteiger partial charge < -0.3 is 9.84 Å². The summed E-state index contributed by atoms with van der Waals surface area (Å²) in [5.74, 6) is -0.00245. The first-order valence-corrected chi connectivity index (χ1v) is 4.06. The topological polar surface area (TPSA) is 29.5 Å². The lowest BCUT2D eigenvalue weighted by Crippen LogP contribution is -2.36. The number of aliphatic hydroxyl groups is 1. The van der Waals surface area contributed by atoms with Crippen molar-refractivity contribution in [1.29, 1.82) is 0 Å². The highest BCUT2D eigenvalue weighted by molar-refractivity contribution is 6.37. The highest BCUT2D eigenvalue weighted by Crippen LogP contribution is 2.17. The Morgan fingerprint density at radius 3 is 2.54 bits per heavy atom. The molecule has 5 heteroatoms. The van der Waals surface area contributed by atoms with Gasteiger partial charge in [0.2, 0.25) is 0 Å². The molecular weight excluding hydrogens is 169 g/mol. The normalized spacial score (nSPS) is 11.3. The van der Waals surface area contributed by atoms with Gasteiger partial charge in [-0.1, -0.05) is 6.07 Å². The van der Waals surface area contributed by atoms with Gasteiger partial charge in [-0.3, -0.25) is 0 Å². The van der Waals surface area contributed by atoms with Crippen LogP contribution >= 0.6 is 0 Å². The SMILES string of the molecule is BC(B)(O)Oc1ccc(C)c(F)c1. The third-order valence-corrected chi connectivity index (χ3v) is 1.51. The summed E-state index contributed by atoms with van der Waals surface area (Å²) >= 11 is 0. The van der Waals surface area contributed by atoms with Crippen LogP contribution in [-0.4, -0.2) is 26.4 Å². The van der Waals surface area contributed by atoms with Crippen LogP contribution in [0.2, 0.25) is 0 Å². The fraction of sp³-hybridized carbons (Fsp3) is 0.250. The molecule has 0 aliphatic heterocycles. The van der Waals surface area contributed by atoms with E-state index in [2.05, 4.69) is 0 Å². The molecule has 0 fully saturated rings. The summed E-state index contributed by atoms with van der Waals surface area (Å²) < 4.78 is 18.0. The van der Waals surface area contributed by atoms with Crippen LogP contribution in [0.4, 0.5) is 4.39 Å². The van der Waals surface area contributed by atoms with E-state index in [1.54, 1.807) is 19.1 Å². The molecule has 68 valence electrons. The molecule has 0 spiro atoms. The third-order valence-electron chi connectivity index (χ3n) is 1.51. The number of rotatable bonds is 2. The second kappa shape index (κ2) is 3.42. The van der Waals surface area contributed by atoms with E-state index in [-0.39, 0.29) is 5.82 Å². The molecule has 0 aliphatic rings.